The zero-order valence-corrected chi connectivity index (χ0v) is 17.8. The van der Waals surface area contributed by atoms with Gasteiger partial charge in [0.25, 0.3) is 0 Å². The maximum Gasteiger partial charge on any atom is 0.233 e. The molecule has 0 radical (unpaired) electrons. The number of hydrogen-bond donors (Lipinski definition) is 2. The van der Waals surface area contributed by atoms with Crippen LogP contribution in [0.15, 0.2) is 0 Å². The molecule has 154 valence electrons. The van der Waals surface area contributed by atoms with E-state index in [-0.39, 0.29) is 5.91 Å². The second kappa shape index (κ2) is 14.4. The lowest BCUT2D eigenvalue weighted by Crippen LogP contribution is -2.37. The topological polar surface area (TPSA) is 50.4 Å². The van der Waals surface area contributed by atoms with Gasteiger partial charge in [-0.3, -0.25) is 4.79 Å². The first-order valence-electron chi connectivity index (χ1n) is 11.1. The summed E-state index contributed by atoms with van der Waals surface area (Å²) in [6, 6.07) is 0.364. The predicted molar refractivity (Wildman–Crippen MR) is 110 cm³/mol. The summed E-state index contributed by atoms with van der Waals surface area (Å²) in [6.45, 7) is 9.66. The van der Waals surface area contributed by atoms with Crippen molar-refractivity contribution in [2.75, 3.05) is 13.1 Å². The van der Waals surface area contributed by atoms with E-state index in [1.165, 1.54) is 64.2 Å². The molecule has 0 aromatic rings. The Balaban J connectivity index is 1.89. The molecular formula is C22H44N2O2. The van der Waals surface area contributed by atoms with Crippen LogP contribution >= 0.6 is 0 Å². The van der Waals surface area contributed by atoms with Crippen LogP contribution in [0.2, 0.25) is 0 Å². The van der Waals surface area contributed by atoms with Gasteiger partial charge in [-0.05, 0) is 39.0 Å². The Morgan fingerprint density at radius 2 is 1.69 bits per heavy atom. The Kier molecular flexibility index (Phi) is 13.0. The summed E-state index contributed by atoms with van der Waals surface area (Å²) >= 11 is 0. The third kappa shape index (κ3) is 12.7. The van der Waals surface area contributed by atoms with Gasteiger partial charge in [0.1, 0.15) is 0 Å². The van der Waals surface area contributed by atoms with Gasteiger partial charge < -0.3 is 15.4 Å². The number of amides is 1. The summed E-state index contributed by atoms with van der Waals surface area (Å²) in [4.78, 5) is 11.6. The van der Waals surface area contributed by atoms with E-state index in [1.54, 1.807) is 0 Å². The molecule has 1 aliphatic carbocycles. The van der Waals surface area contributed by atoms with Crippen LogP contribution in [0.5, 0.6) is 0 Å². The van der Waals surface area contributed by atoms with Gasteiger partial charge in [-0.1, -0.05) is 65.2 Å². The average Bonchev–Trinajstić information content (AvgIpc) is 2.58. The van der Waals surface area contributed by atoms with Crippen molar-refractivity contribution in [1.29, 1.82) is 0 Å². The summed E-state index contributed by atoms with van der Waals surface area (Å²) in [5, 5.41) is 6.13. The Hall–Kier alpha value is -0.610. The standard InChI is InChI=1S/C22H44N2O2/c1-18(2)24-17-22(25)23-15-10-8-6-5-7-9-12-20-13-11-14-21(16-20)26-19(3)4/h18-21,24H,5-17H2,1-4H3,(H,23,25). The second-order valence-electron chi connectivity index (χ2n) is 8.64. The first-order valence-corrected chi connectivity index (χ1v) is 11.1. The fourth-order valence-corrected chi connectivity index (χ4v) is 3.86. The lowest BCUT2D eigenvalue weighted by molar-refractivity contribution is -0.120. The van der Waals surface area contributed by atoms with Gasteiger partial charge in [0.05, 0.1) is 18.8 Å². The van der Waals surface area contributed by atoms with Gasteiger partial charge >= 0.3 is 0 Å². The highest BCUT2D eigenvalue weighted by Crippen LogP contribution is 2.30. The van der Waals surface area contributed by atoms with Crippen molar-refractivity contribution < 1.29 is 9.53 Å². The van der Waals surface area contributed by atoms with E-state index < -0.39 is 0 Å². The molecule has 2 N–H and O–H groups in total. The number of ether oxygens (including phenoxy) is 1. The highest BCUT2D eigenvalue weighted by molar-refractivity contribution is 5.77. The Morgan fingerprint density at radius 1 is 1.00 bits per heavy atom. The van der Waals surface area contributed by atoms with E-state index in [2.05, 4.69) is 38.3 Å². The van der Waals surface area contributed by atoms with E-state index in [4.69, 9.17) is 4.74 Å². The van der Waals surface area contributed by atoms with Crippen molar-refractivity contribution in [3.8, 4) is 0 Å². The molecule has 0 aromatic carbocycles. The monoisotopic (exact) mass is 368 g/mol. The SMILES string of the molecule is CC(C)NCC(=O)NCCCCCCCCC1CCCC(OC(C)C)C1. The molecule has 26 heavy (non-hydrogen) atoms. The Morgan fingerprint density at radius 3 is 2.38 bits per heavy atom. The van der Waals surface area contributed by atoms with Crippen molar-refractivity contribution in [2.24, 2.45) is 5.92 Å². The molecule has 0 bridgehead atoms. The van der Waals surface area contributed by atoms with Gasteiger partial charge in [0.15, 0.2) is 0 Å². The molecule has 0 aromatic heterocycles. The maximum absolute atomic E-state index is 11.6. The normalized spacial score (nSPS) is 20.7. The molecule has 0 aliphatic heterocycles. The molecule has 1 amide bonds. The van der Waals surface area contributed by atoms with Gasteiger partial charge in [-0.15, -0.1) is 0 Å². The number of unbranched alkanes of at least 4 members (excludes halogenated alkanes) is 5. The minimum absolute atomic E-state index is 0.117. The summed E-state index contributed by atoms with van der Waals surface area (Å²) in [5.41, 5.74) is 0. The van der Waals surface area contributed by atoms with Crippen LogP contribution in [0.1, 0.15) is 98.3 Å². The van der Waals surface area contributed by atoms with Crippen LogP contribution in [0.4, 0.5) is 0 Å². The molecule has 4 heteroatoms. The Labute approximate surface area is 162 Å². The fourth-order valence-electron chi connectivity index (χ4n) is 3.86. The quantitative estimate of drug-likeness (QED) is 0.432. The third-order valence-corrected chi connectivity index (χ3v) is 5.23. The lowest BCUT2D eigenvalue weighted by Gasteiger charge is -2.30. The largest absolute Gasteiger partial charge is 0.376 e. The first kappa shape index (κ1) is 23.4. The van der Waals surface area contributed by atoms with Crippen molar-refractivity contribution in [2.45, 2.75) is 117 Å². The molecule has 0 saturated heterocycles. The number of carbonyl (C=O) groups excluding carboxylic acids is 1. The molecular weight excluding hydrogens is 324 g/mol. The average molecular weight is 369 g/mol. The lowest BCUT2D eigenvalue weighted by atomic mass is 9.83. The highest BCUT2D eigenvalue weighted by atomic mass is 16.5. The molecule has 1 fully saturated rings. The second-order valence-corrected chi connectivity index (χ2v) is 8.64. The molecule has 2 atom stereocenters. The number of hydrogen-bond acceptors (Lipinski definition) is 3. The van der Waals surface area contributed by atoms with Crippen LogP contribution in [0, 0.1) is 5.92 Å². The molecule has 4 nitrogen and oxygen atoms in total. The molecule has 0 spiro atoms. The van der Waals surface area contributed by atoms with Crippen LogP contribution < -0.4 is 10.6 Å². The third-order valence-electron chi connectivity index (χ3n) is 5.23. The summed E-state index contributed by atoms with van der Waals surface area (Å²) in [5.74, 6) is 1.01. The number of nitrogens with one attached hydrogen (secondary N) is 2. The van der Waals surface area contributed by atoms with E-state index >= 15 is 0 Å². The number of carbonyl (C=O) groups is 1. The smallest absolute Gasteiger partial charge is 0.233 e. The Bertz CT molecular complexity index is 358. The van der Waals surface area contributed by atoms with Crippen molar-refractivity contribution in [3.05, 3.63) is 0 Å². The van der Waals surface area contributed by atoms with Crippen LogP contribution in [0.25, 0.3) is 0 Å². The zero-order valence-electron chi connectivity index (χ0n) is 17.8. The summed E-state index contributed by atoms with van der Waals surface area (Å²) in [6.07, 6.45) is 15.3. The minimum Gasteiger partial charge on any atom is -0.376 e. The fraction of sp³-hybridized carbons (Fsp3) is 0.955. The summed E-state index contributed by atoms with van der Waals surface area (Å²) < 4.78 is 6.01. The summed E-state index contributed by atoms with van der Waals surface area (Å²) in [7, 11) is 0. The zero-order chi connectivity index (χ0) is 19.2. The minimum atomic E-state index is 0.117. The predicted octanol–water partition coefficient (Wildman–Crippen LogP) is 4.82. The highest BCUT2D eigenvalue weighted by Gasteiger charge is 2.22. The van der Waals surface area contributed by atoms with Crippen molar-refractivity contribution in [1.82, 2.24) is 10.6 Å². The van der Waals surface area contributed by atoms with E-state index in [1.807, 2.05) is 0 Å². The van der Waals surface area contributed by atoms with E-state index in [0.29, 0.717) is 24.8 Å². The van der Waals surface area contributed by atoms with Gasteiger partial charge in [0.2, 0.25) is 5.91 Å². The molecule has 1 aliphatic rings. The van der Waals surface area contributed by atoms with Crippen molar-refractivity contribution >= 4 is 5.91 Å². The molecule has 1 rings (SSSR count). The van der Waals surface area contributed by atoms with Gasteiger partial charge in [-0.25, -0.2) is 0 Å². The molecule has 1 saturated carbocycles. The van der Waals surface area contributed by atoms with E-state index in [0.717, 1.165) is 18.9 Å². The van der Waals surface area contributed by atoms with Crippen LogP contribution in [-0.2, 0) is 9.53 Å². The molecule has 0 heterocycles. The molecule has 2 unspecified atom stereocenters. The van der Waals surface area contributed by atoms with Gasteiger partial charge in [0, 0.05) is 12.6 Å². The van der Waals surface area contributed by atoms with Crippen LogP contribution in [-0.4, -0.2) is 37.2 Å². The van der Waals surface area contributed by atoms with E-state index in [9.17, 15) is 4.79 Å². The van der Waals surface area contributed by atoms with Crippen molar-refractivity contribution in [3.63, 3.8) is 0 Å². The van der Waals surface area contributed by atoms with Gasteiger partial charge in [-0.2, -0.15) is 0 Å². The number of rotatable bonds is 14. The maximum atomic E-state index is 11.6. The van der Waals surface area contributed by atoms with Crippen LogP contribution in [0.3, 0.4) is 0 Å². The first-order chi connectivity index (χ1) is 12.5.